The van der Waals surface area contributed by atoms with Crippen molar-refractivity contribution in [2.75, 3.05) is 40.1 Å². The fraction of sp³-hybridized carbons (Fsp3) is 0.533. The van der Waals surface area contributed by atoms with E-state index in [0.29, 0.717) is 39.6 Å². The van der Waals surface area contributed by atoms with Crippen LogP contribution in [0.2, 0.25) is 0 Å². The Hall–Kier alpha value is -0.801. The molecule has 1 heterocycles. The Morgan fingerprint density at radius 2 is 1.79 bits per heavy atom. The summed E-state index contributed by atoms with van der Waals surface area (Å²) in [5, 5.41) is 0. The summed E-state index contributed by atoms with van der Waals surface area (Å²) < 4.78 is 53.3. The standard InChI is InChI=1S/C15H21NO6SSe/c1-12-16(5-6-21-9-10-22-8-7-20-2)14-4-3-13(23(17,18)19)11-15(14)24-12/h3-4,11H,5-10H2,1-2H3. The molecule has 0 saturated heterocycles. The van der Waals surface area contributed by atoms with Gasteiger partial charge in [0, 0.05) is 0 Å². The molecule has 0 unspecified atom stereocenters. The number of ether oxygens (including phenoxy) is 3. The molecular weight excluding hydrogens is 401 g/mol. The number of nitrogens with zero attached hydrogens (tertiary/aromatic N) is 1. The first-order chi connectivity index (χ1) is 11.4. The van der Waals surface area contributed by atoms with E-state index in [0.717, 1.165) is 14.3 Å². The number of hydrogen-bond acceptors (Lipinski definition) is 6. The van der Waals surface area contributed by atoms with Crippen LogP contribution in [-0.4, -0.2) is 67.6 Å². The molecule has 9 heteroatoms. The minimum atomic E-state index is -4.41. The third-order valence-corrected chi connectivity index (χ3v) is 6.47. The Labute approximate surface area is 147 Å². The molecule has 1 aromatic heterocycles. The fourth-order valence-electron chi connectivity index (χ4n) is 2.24. The second-order valence-corrected chi connectivity index (χ2v) is 9.04. The van der Waals surface area contributed by atoms with Crippen LogP contribution in [0, 0.1) is 6.92 Å². The molecule has 134 valence electrons. The molecule has 24 heavy (non-hydrogen) atoms. The Kier molecular flexibility index (Phi) is 7.36. The Morgan fingerprint density at radius 3 is 2.46 bits per heavy atom. The van der Waals surface area contributed by atoms with Crippen LogP contribution in [0.5, 0.6) is 0 Å². The first kappa shape index (κ1) is 19.5. The van der Waals surface area contributed by atoms with E-state index < -0.39 is 10.1 Å². The van der Waals surface area contributed by atoms with Gasteiger partial charge in [0.05, 0.1) is 0 Å². The van der Waals surface area contributed by atoms with Crippen molar-refractivity contribution < 1.29 is 31.7 Å². The van der Waals surface area contributed by atoms with E-state index in [-0.39, 0.29) is 19.4 Å². The predicted octanol–water partition coefficient (Wildman–Crippen LogP) is 0.0764. The minimum absolute atomic E-state index is 0.0271. The number of rotatable bonds is 10. The summed E-state index contributed by atoms with van der Waals surface area (Å²) in [5.74, 6) is 0. The van der Waals surface area contributed by atoms with Gasteiger partial charge in [-0.1, -0.05) is 0 Å². The van der Waals surface area contributed by atoms with Crippen LogP contribution in [0.1, 0.15) is 4.57 Å². The van der Waals surface area contributed by atoms with E-state index in [1.54, 1.807) is 13.2 Å². The molecule has 0 atom stereocenters. The normalized spacial score (nSPS) is 12.1. The summed E-state index contributed by atoms with van der Waals surface area (Å²) in [6.07, 6.45) is 0. The average molecular weight is 422 g/mol. The summed E-state index contributed by atoms with van der Waals surface area (Å²) in [6, 6.07) is 4.56. The van der Waals surface area contributed by atoms with Crippen LogP contribution in [0.4, 0.5) is 0 Å². The summed E-state index contributed by atoms with van der Waals surface area (Å²) in [7, 11) is -2.78. The zero-order chi connectivity index (χ0) is 17.6. The van der Waals surface area contributed by atoms with Crippen molar-refractivity contribution in [2.24, 2.45) is 0 Å². The van der Waals surface area contributed by atoms with Gasteiger partial charge in [-0.15, -0.1) is 0 Å². The molecule has 0 N–H and O–H groups in total. The zero-order valence-corrected chi connectivity index (χ0v) is 16.2. The first-order valence-electron chi connectivity index (χ1n) is 7.47. The molecule has 0 radical (unpaired) electrons. The van der Waals surface area contributed by atoms with E-state index in [2.05, 4.69) is 4.57 Å². The fourth-order valence-corrected chi connectivity index (χ4v) is 5.18. The van der Waals surface area contributed by atoms with E-state index in [1.807, 2.05) is 6.92 Å². The molecule has 0 aliphatic carbocycles. The molecule has 0 aliphatic heterocycles. The number of benzene rings is 1. The Morgan fingerprint density at radius 1 is 1.12 bits per heavy atom. The van der Waals surface area contributed by atoms with Gasteiger partial charge in [-0.25, -0.2) is 0 Å². The summed E-state index contributed by atoms with van der Waals surface area (Å²) in [5.41, 5.74) is 0.958. The van der Waals surface area contributed by atoms with Crippen molar-refractivity contribution in [1.29, 1.82) is 0 Å². The first-order valence-corrected chi connectivity index (χ1v) is 10.6. The number of methoxy groups -OCH3 is 1. The van der Waals surface area contributed by atoms with Gasteiger partial charge >= 0.3 is 147 Å². The quantitative estimate of drug-likeness (QED) is 0.233. The molecular formula is C15H21NO6SSe. The third-order valence-electron chi connectivity index (χ3n) is 3.41. The molecule has 0 bridgehead atoms. The van der Waals surface area contributed by atoms with Crippen molar-refractivity contribution >= 4 is 34.4 Å². The molecule has 0 fully saturated rings. The van der Waals surface area contributed by atoms with Crippen LogP contribution in [-0.2, 0) is 30.9 Å². The van der Waals surface area contributed by atoms with Gasteiger partial charge in [0.2, 0.25) is 0 Å². The average Bonchev–Trinajstić information content (AvgIpc) is 2.84. The van der Waals surface area contributed by atoms with Crippen LogP contribution in [0.25, 0.3) is 9.78 Å². The van der Waals surface area contributed by atoms with E-state index >= 15 is 0 Å². The van der Waals surface area contributed by atoms with Gasteiger partial charge in [-0.3, -0.25) is 0 Å². The molecule has 1 aromatic carbocycles. The zero-order valence-electron chi connectivity index (χ0n) is 13.7. The molecule has 7 nitrogen and oxygen atoms in total. The maximum absolute atomic E-state index is 11.1. The summed E-state index contributed by atoms with van der Waals surface area (Å²) in [4.78, 5) is -0.165. The Bertz CT molecular complexity index is 774. The van der Waals surface area contributed by atoms with E-state index in [4.69, 9.17) is 14.2 Å². The number of fused-ring (bicyclic) bond motifs is 1. The summed E-state index contributed by atoms with van der Waals surface area (Å²) >= 11 is 0.0271. The van der Waals surface area contributed by atoms with E-state index in [1.165, 1.54) is 12.1 Å². The molecule has 2 aromatic rings. The molecule has 0 saturated carbocycles. The molecule has 2 rings (SSSR count). The van der Waals surface area contributed by atoms with Gasteiger partial charge in [0.15, 0.2) is 0 Å². The van der Waals surface area contributed by atoms with Crippen LogP contribution < -0.4 is 4.57 Å². The van der Waals surface area contributed by atoms with Crippen molar-refractivity contribution in [1.82, 2.24) is 0 Å². The van der Waals surface area contributed by atoms with Gasteiger partial charge < -0.3 is 0 Å². The second-order valence-electron chi connectivity index (χ2n) is 5.07. The maximum atomic E-state index is 11.1. The van der Waals surface area contributed by atoms with Gasteiger partial charge in [0.25, 0.3) is 0 Å². The van der Waals surface area contributed by atoms with Gasteiger partial charge in [-0.2, -0.15) is 0 Å². The predicted molar refractivity (Wildman–Crippen MR) is 87.3 cm³/mol. The SMILES string of the molecule is COCCOCCOCC[n+]1c(C)[se]c2cc(S(=O)(=O)[O-])ccc21. The van der Waals surface area contributed by atoms with Crippen molar-refractivity contribution in [3.63, 3.8) is 0 Å². The molecule has 0 amide bonds. The molecule has 0 spiro atoms. The van der Waals surface area contributed by atoms with Crippen LogP contribution in [0.3, 0.4) is 0 Å². The number of aromatic nitrogens is 1. The third kappa shape index (κ3) is 5.35. The number of hydrogen-bond donors (Lipinski definition) is 0. The van der Waals surface area contributed by atoms with E-state index in [9.17, 15) is 13.0 Å². The van der Waals surface area contributed by atoms with Crippen molar-refractivity contribution in [3.8, 4) is 0 Å². The topological polar surface area (TPSA) is 88.8 Å². The monoisotopic (exact) mass is 423 g/mol. The van der Waals surface area contributed by atoms with Crippen molar-refractivity contribution in [2.45, 2.75) is 18.4 Å². The second kappa shape index (κ2) is 9.05. The van der Waals surface area contributed by atoms with Crippen LogP contribution >= 0.6 is 0 Å². The van der Waals surface area contributed by atoms with Gasteiger partial charge in [-0.05, 0) is 0 Å². The van der Waals surface area contributed by atoms with Crippen LogP contribution in [0.15, 0.2) is 23.1 Å². The van der Waals surface area contributed by atoms with Gasteiger partial charge in [0.1, 0.15) is 0 Å². The van der Waals surface area contributed by atoms with Crippen molar-refractivity contribution in [3.05, 3.63) is 22.8 Å². The Balaban J connectivity index is 1.91. The molecule has 0 aliphatic rings. The number of aryl methyl sites for hydroxylation is 1. The summed E-state index contributed by atoms with van der Waals surface area (Å²) in [6.45, 7) is 5.41.